The molecule has 1 unspecified atom stereocenters. The molecule has 0 fully saturated rings. The van der Waals surface area contributed by atoms with E-state index in [2.05, 4.69) is 10.3 Å². The molecule has 0 aliphatic carbocycles. The van der Waals surface area contributed by atoms with Crippen molar-refractivity contribution in [3.8, 4) is 5.75 Å². The highest BCUT2D eigenvalue weighted by atomic mass is 16.6. The number of nitrogens with zero attached hydrogens (tertiary/aromatic N) is 2. The van der Waals surface area contributed by atoms with Gasteiger partial charge in [0.1, 0.15) is 18.0 Å². The molecule has 1 aliphatic heterocycles. The maximum Gasteiger partial charge on any atom is 0.339 e. The van der Waals surface area contributed by atoms with Gasteiger partial charge in [0.05, 0.1) is 11.3 Å². The summed E-state index contributed by atoms with van der Waals surface area (Å²) in [6.07, 6.45) is 4.15. The van der Waals surface area contributed by atoms with Crippen LogP contribution in [0.25, 0.3) is 5.65 Å². The van der Waals surface area contributed by atoms with Crippen molar-refractivity contribution in [3.63, 3.8) is 0 Å². The number of amides is 1. The highest BCUT2D eigenvalue weighted by molar-refractivity contribution is 6.02. The number of carbonyl (C=O) groups is 2. The SMILES string of the molecule is CC1(C(=O)Nc2cccc(OCc3cn4ccccc4n3)c2)Cc2ccccc2C(=O)O1. The van der Waals surface area contributed by atoms with Crippen molar-refractivity contribution in [2.75, 3.05) is 5.32 Å². The van der Waals surface area contributed by atoms with Gasteiger partial charge in [-0.1, -0.05) is 30.3 Å². The minimum absolute atomic E-state index is 0.297. The first kappa shape index (κ1) is 19.8. The molecule has 32 heavy (non-hydrogen) atoms. The molecule has 0 saturated carbocycles. The molecule has 4 aromatic rings. The largest absolute Gasteiger partial charge is 0.487 e. The lowest BCUT2D eigenvalue weighted by Gasteiger charge is -2.33. The first-order chi connectivity index (χ1) is 15.5. The number of hydrogen-bond acceptors (Lipinski definition) is 5. The van der Waals surface area contributed by atoms with Crippen LogP contribution in [-0.4, -0.2) is 26.9 Å². The Bertz CT molecular complexity index is 1300. The van der Waals surface area contributed by atoms with Crippen molar-refractivity contribution in [3.05, 3.63) is 95.9 Å². The van der Waals surface area contributed by atoms with Crippen molar-refractivity contribution in [2.24, 2.45) is 0 Å². The molecule has 160 valence electrons. The predicted octanol–water partition coefficient (Wildman–Crippen LogP) is 4.02. The number of ether oxygens (including phenoxy) is 2. The van der Waals surface area contributed by atoms with E-state index in [4.69, 9.17) is 9.47 Å². The number of pyridine rings is 1. The van der Waals surface area contributed by atoms with E-state index in [1.54, 1.807) is 37.3 Å². The summed E-state index contributed by atoms with van der Waals surface area (Å²) in [5, 5.41) is 2.85. The minimum atomic E-state index is -1.29. The third-order valence-corrected chi connectivity index (χ3v) is 5.46. The van der Waals surface area contributed by atoms with Crippen molar-refractivity contribution in [1.82, 2.24) is 9.38 Å². The second kappa shape index (κ2) is 7.85. The van der Waals surface area contributed by atoms with Gasteiger partial charge in [0.2, 0.25) is 0 Å². The summed E-state index contributed by atoms with van der Waals surface area (Å²) >= 11 is 0. The van der Waals surface area contributed by atoms with Crippen LogP contribution in [0.1, 0.15) is 28.5 Å². The van der Waals surface area contributed by atoms with Gasteiger partial charge in [-0.05, 0) is 42.8 Å². The first-order valence-electron chi connectivity index (χ1n) is 10.3. The van der Waals surface area contributed by atoms with Gasteiger partial charge < -0.3 is 19.2 Å². The van der Waals surface area contributed by atoms with Gasteiger partial charge in [0, 0.05) is 30.6 Å². The summed E-state index contributed by atoms with van der Waals surface area (Å²) in [6.45, 7) is 1.92. The summed E-state index contributed by atoms with van der Waals surface area (Å²) in [4.78, 5) is 29.9. The molecule has 2 aromatic carbocycles. The van der Waals surface area contributed by atoms with Gasteiger partial charge >= 0.3 is 5.97 Å². The Kier molecular flexibility index (Phi) is 4.86. The molecule has 7 heteroatoms. The van der Waals surface area contributed by atoms with Crippen molar-refractivity contribution < 1.29 is 19.1 Å². The molecule has 1 atom stereocenters. The van der Waals surface area contributed by atoms with Crippen LogP contribution in [0.4, 0.5) is 5.69 Å². The van der Waals surface area contributed by atoms with Crippen LogP contribution in [0, 0.1) is 0 Å². The Morgan fingerprint density at radius 2 is 2.00 bits per heavy atom. The molecule has 7 nitrogen and oxygen atoms in total. The summed E-state index contributed by atoms with van der Waals surface area (Å²) in [5.74, 6) is -0.289. The first-order valence-corrected chi connectivity index (χ1v) is 10.3. The van der Waals surface area contributed by atoms with Crippen LogP contribution < -0.4 is 10.1 Å². The maximum absolute atomic E-state index is 13.0. The predicted molar refractivity (Wildman–Crippen MR) is 119 cm³/mol. The zero-order valence-electron chi connectivity index (χ0n) is 17.4. The topological polar surface area (TPSA) is 81.9 Å². The molecule has 0 spiro atoms. The van der Waals surface area contributed by atoms with Crippen molar-refractivity contribution >= 4 is 23.2 Å². The second-order valence-electron chi connectivity index (χ2n) is 7.92. The Hall–Kier alpha value is -4.13. The van der Waals surface area contributed by atoms with E-state index in [-0.39, 0.29) is 0 Å². The van der Waals surface area contributed by atoms with E-state index >= 15 is 0 Å². The monoisotopic (exact) mass is 427 g/mol. The number of nitrogens with one attached hydrogen (secondary N) is 1. The van der Waals surface area contributed by atoms with Gasteiger partial charge in [-0.15, -0.1) is 0 Å². The highest BCUT2D eigenvalue weighted by Gasteiger charge is 2.42. The smallest absolute Gasteiger partial charge is 0.339 e. The molecule has 0 bridgehead atoms. The Labute approximate surface area is 184 Å². The molecule has 3 heterocycles. The van der Waals surface area contributed by atoms with Crippen LogP contribution in [0.2, 0.25) is 0 Å². The van der Waals surface area contributed by atoms with Gasteiger partial charge in [-0.3, -0.25) is 4.79 Å². The average molecular weight is 427 g/mol. The Morgan fingerprint density at radius 3 is 2.88 bits per heavy atom. The fraction of sp³-hybridized carbons (Fsp3) is 0.160. The average Bonchev–Trinajstić information content (AvgIpc) is 3.21. The molecular formula is C25H21N3O4. The molecule has 0 saturated heterocycles. The number of hydrogen-bond donors (Lipinski definition) is 1. The van der Waals surface area contributed by atoms with E-state index in [1.165, 1.54) is 0 Å². The van der Waals surface area contributed by atoms with Gasteiger partial charge in [-0.25, -0.2) is 9.78 Å². The number of cyclic esters (lactones) is 1. The van der Waals surface area contributed by atoms with E-state index in [1.807, 2.05) is 53.2 Å². The number of imidazole rings is 1. The van der Waals surface area contributed by atoms with Gasteiger partial charge in [0.15, 0.2) is 5.60 Å². The number of aromatic nitrogens is 2. The maximum atomic E-state index is 13.0. The van der Waals surface area contributed by atoms with E-state index in [0.717, 1.165) is 16.9 Å². The van der Waals surface area contributed by atoms with Gasteiger partial charge in [0.25, 0.3) is 5.91 Å². The van der Waals surface area contributed by atoms with Crippen LogP contribution in [0.15, 0.2) is 79.1 Å². The van der Waals surface area contributed by atoms with Gasteiger partial charge in [-0.2, -0.15) is 0 Å². The lowest BCUT2D eigenvalue weighted by atomic mass is 9.89. The van der Waals surface area contributed by atoms with Crippen LogP contribution in [0.5, 0.6) is 5.75 Å². The highest BCUT2D eigenvalue weighted by Crippen LogP contribution is 2.29. The number of esters is 1. The quantitative estimate of drug-likeness (QED) is 0.487. The zero-order valence-corrected chi connectivity index (χ0v) is 17.4. The lowest BCUT2D eigenvalue weighted by molar-refractivity contribution is -0.134. The van der Waals surface area contributed by atoms with Crippen molar-refractivity contribution in [1.29, 1.82) is 0 Å². The van der Waals surface area contributed by atoms with E-state index < -0.39 is 17.5 Å². The molecule has 1 amide bonds. The molecule has 0 radical (unpaired) electrons. The summed E-state index contributed by atoms with van der Waals surface area (Å²) in [5.41, 5.74) is 2.21. The fourth-order valence-corrected chi connectivity index (χ4v) is 3.80. The molecular weight excluding hydrogens is 406 g/mol. The molecule has 1 N–H and O–H groups in total. The molecule has 5 rings (SSSR count). The Balaban J connectivity index is 1.27. The van der Waals surface area contributed by atoms with Crippen LogP contribution in [-0.2, 0) is 22.6 Å². The fourth-order valence-electron chi connectivity index (χ4n) is 3.80. The molecule has 1 aliphatic rings. The second-order valence-corrected chi connectivity index (χ2v) is 7.92. The molecule has 2 aromatic heterocycles. The standard InChI is InChI=1S/C25H21N3O4/c1-25(14-17-7-2-3-10-21(17)23(29)32-25)24(30)27-18-8-6-9-20(13-18)31-16-19-15-28-12-5-4-11-22(28)26-19/h2-13,15H,14,16H2,1H3,(H,27,30). The summed E-state index contributed by atoms with van der Waals surface area (Å²) < 4.78 is 13.3. The van der Waals surface area contributed by atoms with E-state index in [9.17, 15) is 9.59 Å². The normalized spacial score (nSPS) is 17.5. The Morgan fingerprint density at radius 1 is 1.16 bits per heavy atom. The number of carbonyl (C=O) groups excluding carboxylic acids is 2. The van der Waals surface area contributed by atoms with Crippen LogP contribution >= 0.6 is 0 Å². The minimum Gasteiger partial charge on any atom is -0.487 e. The number of fused-ring (bicyclic) bond motifs is 2. The third-order valence-electron chi connectivity index (χ3n) is 5.46. The number of rotatable bonds is 5. The third kappa shape index (κ3) is 3.80. The summed E-state index contributed by atoms with van der Waals surface area (Å²) in [6, 6.07) is 20.1. The summed E-state index contributed by atoms with van der Waals surface area (Å²) in [7, 11) is 0. The van der Waals surface area contributed by atoms with Crippen molar-refractivity contribution in [2.45, 2.75) is 25.6 Å². The lowest BCUT2D eigenvalue weighted by Crippen LogP contribution is -2.48. The number of benzene rings is 2. The number of anilines is 1. The van der Waals surface area contributed by atoms with E-state index in [0.29, 0.717) is 30.0 Å². The van der Waals surface area contributed by atoms with Crippen LogP contribution in [0.3, 0.4) is 0 Å². The zero-order chi connectivity index (χ0) is 22.1.